The number of fused-ring (bicyclic) bond motifs is 1. The summed E-state index contributed by atoms with van der Waals surface area (Å²) in [6.07, 6.45) is 4.79. The van der Waals surface area contributed by atoms with Gasteiger partial charge in [-0.2, -0.15) is 0 Å². The number of ketones is 1. The molecular weight excluding hydrogens is 336 g/mol. The van der Waals surface area contributed by atoms with E-state index in [1.165, 1.54) is 25.2 Å². The van der Waals surface area contributed by atoms with Gasteiger partial charge in [0.25, 0.3) is 0 Å². The first kappa shape index (κ1) is 19.8. The lowest BCUT2D eigenvalue weighted by Crippen LogP contribution is -2.39. The first-order valence-electron chi connectivity index (χ1n) is 8.49. The Morgan fingerprint density at radius 3 is 2.85 bits per heavy atom. The summed E-state index contributed by atoms with van der Waals surface area (Å²) in [7, 11) is 0. The van der Waals surface area contributed by atoms with Crippen LogP contribution in [-0.4, -0.2) is 40.6 Å². The maximum atomic E-state index is 12.1. The van der Waals surface area contributed by atoms with Crippen LogP contribution in [-0.2, 0) is 23.9 Å². The molecule has 1 fully saturated rings. The van der Waals surface area contributed by atoms with Crippen molar-refractivity contribution in [2.24, 2.45) is 5.92 Å². The molecule has 1 N–H and O–H groups in total. The number of aliphatic hydroxyl groups is 1. The highest BCUT2D eigenvalue weighted by Crippen LogP contribution is 2.37. The molecule has 0 aromatic heterocycles. The number of rotatable bonds is 4. The zero-order chi connectivity index (χ0) is 19.5. The zero-order valence-corrected chi connectivity index (χ0v) is 15.1. The molecule has 6 heteroatoms. The van der Waals surface area contributed by atoms with Crippen LogP contribution in [0.3, 0.4) is 0 Å². The van der Waals surface area contributed by atoms with E-state index in [1.54, 1.807) is 13.0 Å². The molecule has 26 heavy (non-hydrogen) atoms. The SMILES string of the molecule is C=CCCC(=O)O[C@@H]1C[C@@](C)(O)/C=C/C(=O)/C(C)=C\[C@H]2OC(=O)C(=C)[C@@H]21. The minimum Gasteiger partial charge on any atom is -0.461 e. The van der Waals surface area contributed by atoms with Gasteiger partial charge in [0.2, 0.25) is 0 Å². The van der Waals surface area contributed by atoms with Gasteiger partial charge in [-0.25, -0.2) is 4.79 Å². The molecule has 0 radical (unpaired) electrons. The Hall–Kier alpha value is -2.47. The van der Waals surface area contributed by atoms with Crippen molar-refractivity contribution in [1.29, 1.82) is 0 Å². The van der Waals surface area contributed by atoms with Gasteiger partial charge < -0.3 is 14.6 Å². The molecule has 2 aliphatic rings. The number of allylic oxidation sites excluding steroid dienone is 3. The predicted molar refractivity (Wildman–Crippen MR) is 95.0 cm³/mol. The Labute approximate surface area is 152 Å². The van der Waals surface area contributed by atoms with Crippen LogP contribution < -0.4 is 0 Å². The highest BCUT2D eigenvalue weighted by molar-refractivity contribution is 6.03. The van der Waals surface area contributed by atoms with Crippen LogP contribution in [0.5, 0.6) is 0 Å². The van der Waals surface area contributed by atoms with Crippen LogP contribution in [0.1, 0.15) is 33.1 Å². The van der Waals surface area contributed by atoms with Crippen molar-refractivity contribution in [3.8, 4) is 0 Å². The number of ether oxygens (including phenoxy) is 2. The number of esters is 2. The van der Waals surface area contributed by atoms with Crippen LogP contribution in [0.15, 0.2) is 48.6 Å². The van der Waals surface area contributed by atoms with E-state index in [-0.39, 0.29) is 24.2 Å². The second kappa shape index (κ2) is 7.83. The van der Waals surface area contributed by atoms with Crippen LogP contribution in [0.2, 0.25) is 0 Å². The summed E-state index contributed by atoms with van der Waals surface area (Å²) in [6.45, 7) is 10.4. The van der Waals surface area contributed by atoms with Crippen molar-refractivity contribution in [3.63, 3.8) is 0 Å². The van der Waals surface area contributed by atoms with Gasteiger partial charge >= 0.3 is 11.9 Å². The van der Waals surface area contributed by atoms with E-state index in [4.69, 9.17) is 9.47 Å². The molecule has 6 nitrogen and oxygen atoms in total. The number of carbonyl (C=O) groups excluding carboxylic acids is 3. The van der Waals surface area contributed by atoms with E-state index in [2.05, 4.69) is 13.2 Å². The van der Waals surface area contributed by atoms with Gasteiger partial charge in [-0.1, -0.05) is 12.7 Å². The molecule has 0 bridgehead atoms. The fourth-order valence-corrected chi connectivity index (χ4v) is 3.06. The Kier molecular flexibility index (Phi) is 5.97. The summed E-state index contributed by atoms with van der Waals surface area (Å²) < 4.78 is 10.9. The molecule has 140 valence electrons. The summed E-state index contributed by atoms with van der Waals surface area (Å²) in [6, 6.07) is 0. The minimum absolute atomic E-state index is 0.000321. The van der Waals surface area contributed by atoms with Crippen LogP contribution in [0.4, 0.5) is 0 Å². The second-order valence-electron chi connectivity index (χ2n) is 6.89. The first-order valence-corrected chi connectivity index (χ1v) is 8.49. The van der Waals surface area contributed by atoms with Gasteiger partial charge in [-0.15, -0.1) is 6.58 Å². The quantitative estimate of drug-likeness (QED) is 0.470. The second-order valence-corrected chi connectivity index (χ2v) is 6.89. The van der Waals surface area contributed by atoms with E-state index < -0.39 is 35.7 Å². The third-order valence-corrected chi connectivity index (χ3v) is 4.51. The maximum Gasteiger partial charge on any atom is 0.334 e. The molecule has 1 aliphatic carbocycles. The largest absolute Gasteiger partial charge is 0.461 e. The molecule has 1 saturated heterocycles. The van der Waals surface area contributed by atoms with Gasteiger partial charge in [0.15, 0.2) is 5.78 Å². The molecule has 1 aliphatic heterocycles. The van der Waals surface area contributed by atoms with Gasteiger partial charge in [0.05, 0.1) is 11.5 Å². The fraction of sp³-hybridized carbons (Fsp3) is 0.450. The van der Waals surface area contributed by atoms with E-state index in [9.17, 15) is 19.5 Å². The molecule has 4 atom stereocenters. The minimum atomic E-state index is -1.41. The van der Waals surface area contributed by atoms with Gasteiger partial charge in [-0.05, 0) is 44.1 Å². The molecule has 0 unspecified atom stereocenters. The molecular formula is C20H24O6. The fourth-order valence-electron chi connectivity index (χ4n) is 3.06. The van der Waals surface area contributed by atoms with Crippen molar-refractivity contribution in [2.75, 3.05) is 0 Å². The Balaban J connectivity index is 2.41. The van der Waals surface area contributed by atoms with Crippen molar-refractivity contribution in [3.05, 3.63) is 48.6 Å². The number of hydrogen-bond donors (Lipinski definition) is 1. The third-order valence-electron chi connectivity index (χ3n) is 4.51. The topological polar surface area (TPSA) is 89.9 Å². The standard InChI is InChI=1S/C20H24O6/c1-5-6-7-17(22)25-16-11-20(4,24)9-8-14(21)12(2)10-15-18(16)13(3)19(23)26-15/h5,8-10,15-16,18,24H,1,3,6-7,11H2,2,4H3/b9-8+,12-10-/t15-,16-,18+,20+/m1/s1. The number of carbonyl (C=O) groups is 3. The molecule has 0 spiro atoms. The average Bonchev–Trinajstić information content (AvgIpc) is 2.83. The van der Waals surface area contributed by atoms with E-state index in [1.807, 2.05) is 0 Å². The average molecular weight is 360 g/mol. The van der Waals surface area contributed by atoms with Crippen LogP contribution in [0, 0.1) is 5.92 Å². The maximum absolute atomic E-state index is 12.1. The summed E-state index contributed by atoms with van der Waals surface area (Å²) in [4.78, 5) is 36.3. The molecule has 2 rings (SSSR count). The third kappa shape index (κ3) is 4.58. The molecule has 0 aromatic rings. The summed E-state index contributed by atoms with van der Waals surface area (Å²) in [5.74, 6) is -2.03. The lowest BCUT2D eigenvalue weighted by Gasteiger charge is -2.31. The van der Waals surface area contributed by atoms with Crippen LogP contribution in [0.25, 0.3) is 0 Å². The molecule has 0 amide bonds. The van der Waals surface area contributed by atoms with Crippen molar-refractivity contribution in [1.82, 2.24) is 0 Å². The van der Waals surface area contributed by atoms with Crippen molar-refractivity contribution in [2.45, 2.75) is 50.9 Å². The molecule has 1 heterocycles. The lowest BCUT2D eigenvalue weighted by molar-refractivity contribution is -0.154. The van der Waals surface area contributed by atoms with E-state index in [0.29, 0.717) is 12.0 Å². The predicted octanol–water partition coefficient (Wildman–Crippen LogP) is 2.19. The molecule has 0 aromatic carbocycles. The summed E-state index contributed by atoms with van der Waals surface area (Å²) in [5.41, 5.74) is -0.880. The monoisotopic (exact) mass is 360 g/mol. The summed E-state index contributed by atoms with van der Waals surface area (Å²) in [5, 5.41) is 10.6. The van der Waals surface area contributed by atoms with Crippen LogP contribution >= 0.6 is 0 Å². The van der Waals surface area contributed by atoms with E-state index >= 15 is 0 Å². The number of hydrogen-bond acceptors (Lipinski definition) is 6. The Bertz CT molecular complexity index is 697. The van der Waals surface area contributed by atoms with Crippen molar-refractivity contribution >= 4 is 17.7 Å². The van der Waals surface area contributed by atoms with E-state index in [0.717, 1.165) is 0 Å². The Morgan fingerprint density at radius 2 is 2.19 bits per heavy atom. The van der Waals surface area contributed by atoms with Gasteiger partial charge in [0, 0.05) is 18.4 Å². The zero-order valence-electron chi connectivity index (χ0n) is 15.1. The highest BCUT2D eigenvalue weighted by Gasteiger charge is 2.46. The normalized spacial score (nSPS) is 35.0. The smallest absolute Gasteiger partial charge is 0.334 e. The first-order chi connectivity index (χ1) is 12.1. The van der Waals surface area contributed by atoms with Gasteiger partial charge in [0.1, 0.15) is 12.2 Å². The van der Waals surface area contributed by atoms with Crippen molar-refractivity contribution < 1.29 is 29.0 Å². The Morgan fingerprint density at radius 1 is 1.50 bits per heavy atom. The summed E-state index contributed by atoms with van der Waals surface area (Å²) >= 11 is 0. The lowest BCUT2D eigenvalue weighted by atomic mass is 9.82. The molecule has 0 saturated carbocycles. The van der Waals surface area contributed by atoms with Gasteiger partial charge in [-0.3, -0.25) is 9.59 Å². The highest BCUT2D eigenvalue weighted by atomic mass is 16.6.